The minimum Gasteiger partial charge on any atom is -0.296 e. The van der Waals surface area contributed by atoms with E-state index in [4.69, 9.17) is 5.41 Å². The lowest BCUT2D eigenvalue weighted by Crippen LogP contribution is -2.22. The zero-order valence-corrected chi connectivity index (χ0v) is 7.77. The van der Waals surface area contributed by atoms with Crippen molar-refractivity contribution in [2.45, 2.75) is 6.04 Å². The van der Waals surface area contributed by atoms with E-state index in [0.717, 1.165) is 11.1 Å². The second kappa shape index (κ2) is 2.45. The van der Waals surface area contributed by atoms with Crippen molar-refractivity contribution < 1.29 is 0 Å². The molecule has 1 aromatic rings. The number of benzene rings is 1. The SMILES string of the molecule is N=C1SCC2=c3ccccc3=NC12. The molecule has 2 nitrogen and oxygen atoms in total. The highest BCUT2D eigenvalue weighted by Crippen LogP contribution is 2.29. The van der Waals surface area contributed by atoms with Crippen molar-refractivity contribution in [3.8, 4) is 0 Å². The van der Waals surface area contributed by atoms with Gasteiger partial charge >= 0.3 is 0 Å². The Bertz CT molecular complexity index is 504. The summed E-state index contributed by atoms with van der Waals surface area (Å²) in [6.45, 7) is 0. The highest BCUT2D eigenvalue weighted by molar-refractivity contribution is 8.14. The summed E-state index contributed by atoms with van der Waals surface area (Å²) in [6, 6.07) is 8.23. The molecule has 0 aliphatic carbocycles. The lowest BCUT2D eigenvalue weighted by Gasteiger charge is -1.97. The van der Waals surface area contributed by atoms with E-state index in [9.17, 15) is 0 Å². The number of thioether (sulfide) groups is 1. The van der Waals surface area contributed by atoms with Gasteiger partial charge in [0.05, 0.1) is 10.4 Å². The molecular formula is C10H8N2S. The molecule has 1 saturated heterocycles. The third-order valence-corrected chi connectivity index (χ3v) is 3.47. The summed E-state index contributed by atoms with van der Waals surface area (Å²) in [5.74, 6) is 0.948. The minimum atomic E-state index is 0.0578. The Hall–Kier alpha value is -1.09. The molecule has 2 aliphatic heterocycles. The van der Waals surface area contributed by atoms with Crippen molar-refractivity contribution in [3.05, 3.63) is 34.8 Å². The van der Waals surface area contributed by atoms with Crippen molar-refractivity contribution >= 4 is 22.4 Å². The van der Waals surface area contributed by atoms with Gasteiger partial charge in [-0.3, -0.25) is 10.4 Å². The standard InChI is InChI=1S/C10H8N2S/c11-10-9-7(5-13-10)6-3-1-2-4-8(6)12-9/h1-4,9,11H,5H2. The lowest BCUT2D eigenvalue weighted by molar-refractivity contribution is 1.08. The van der Waals surface area contributed by atoms with Gasteiger partial charge in [-0.05, 0) is 11.6 Å². The van der Waals surface area contributed by atoms with E-state index < -0.39 is 0 Å². The van der Waals surface area contributed by atoms with Gasteiger partial charge < -0.3 is 0 Å². The monoisotopic (exact) mass is 188 g/mol. The molecule has 1 unspecified atom stereocenters. The van der Waals surface area contributed by atoms with Crippen LogP contribution >= 0.6 is 11.8 Å². The lowest BCUT2D eigenvalue weighted by atomic mass is 10.1. The molecule has 1 N–H and O–H groups in total. The number of fused-ring (bicyclic) bond motifs is 2. The maximum atomic E-state index is 7.70. The Morgan fingerprint density at radius 3 is 3.15 bits per heavy atom. The molecule has 0 aromatic heterocycles. The smallest absolute Gasteiger partial charge is 0.121 e. The van der Waals surface area contributed by atoms with Gasteiger partial charge in [0, 0.05) is 11.0 Å². The third kappa shape index (κ3) is 0.907. The van der Waals surface area contributed by atoms with Gasteiger partial charge in [0.25, 0.3) is 0 Å². The fraction of sp³-hybridized carbons (Fsp3) is 0.200. The van der Waals surface area contributed by atoms with Crippen LogP contribution in [0.25, 0.3) is 5.57 Å². The molecule has 0 bridgehead atoms. The Morgan fingerprint density at radius 2 is 2.23 bits per heavy atom. The number of nitrogens with one attached hydrogen (secondary N) is 1. The molecule has 13 heavy (non-hydrogen) atoms. The van der Waals surface area contributed by atoms with Crippen LogP contribution in [0.4, 0.5) is 0 Å². The maximum absolute atomic E-state index is 7.70. The average molecular weight is 188 g/mol. The zero-order chi connectivity index (χ0) is 8.84. The van der Waals surface area contributed by atoms with Gasteiger partial charge in [-0.1, -0.05) is 18.2 Å². The summed E-state index contributed by atoms with van der Waals surface area (Å²) in [5.41, 5.74) is 1.32. The summed E-state index contributed by atoms with van der Waals surface area (Å²) in [4.78, 5) is 4.51. The number of nitrogens with zero attached hydrogens (tertiary/aromatic N) is 1. The molecule has 0 saturated carbocycles. The van der Waals surface area contributed by atoms with Crippen LogP contribution in [-0.2, 0) is 0 Å². The molecule has 2 heterocycles. The molecule has 0 radical (unpaired) electrons. The maximum Gasteiger partial charge on any atom is 0.121 e. The van der Waals surface area contributed by atoms with E-state index in [2.05, 4.69) is 11.1 Å². The summed E-state index contributed by atoms with van der Waals surface area (Å²) in [7, 11) is 0. The van der Waals surface area contributed by atoms with E-state index in [1.165, 1.54) is 10.8 Å². The highest BCUT2D eigenvalue weighted by Gasteiger charge is 2.29. The third-order valence-electron chi connectivity index (χ3n) is 2.48. The Morgan fingerprint density at radius 1 is 1.38 bits per heavy atom. The Labute approximate surface area is 79.9 Å². The summed E-state index contributed by atoms with van der Waals surface area (Å²) in [6.07, 6.45) is 0. The Kier molecular flexibility index (Phi) is 1.38. The van der Waals surface area contributed by atoms with Crippen LogP contribution in [0, 0.1) is 5.41 Å². The molecule has 1 fully saturated rings. The molecule has 0 amide bonds. The van der Waals surface area contributed by atoms with Crippen LogP contribution in [0.3, 0.4) is 0 Å². The van der Waals surface area contributed by atoms with Gasteiger partial charge in [0.15, 0.2) is 0 Å². The van der Waals surface area contributed by atoms with Crippen LogP contribution in [0.1, 0.15) is 0 Å². The predicted molar refractivity (Wildman–Crippen MR) is 54.6 cm³/mol. The topological polar surface area (TPSA) is 36.2 Å². The number of para-hydroxylation sites is 1. The summed E-state index contributed by atoms with van der Waals surface area (Å²) in [5, 5.41) is 10.7. The fourth-order valence-electron chi connectivity index (χ4n) is 1.83. The van der Waals surface area contributed by atoms with Crippen LogP contribution in [0.15, 0.2) is 29.3 Å². The molecule has 1 atom stereocenters. The van der Waals surface area contributed by atoms with Crippen molar-refractivity contribution in [1.29, 1.82) is 5.41 Å². The van der Waals surface area contributed by atoms with Gasteiger partial charge in [-0.15, -0.1) is 11.8 Å². The van der Waals surface area contributed by atoms with E-state index in [0.29, 0.717) is 5.04 Å². The first kappa shape index (κ1) is 7.33. The first-order valence-electron chi connectivity index (χ1n) is 4.23. The van der Waals surface area contributed by atoms with Crippen LogP contribution in [-0.4, -0.2) is 16.8 Å². The van der Waals surface area contributed by atoms with Gasteiger partial charge in [0.1, 0.15) is 6.04 Å². The number of hydrogen-bond donors (Lipinski definition) is 1. The van der Waals surface area contributed by atoms with E-state index in [-0.39, 0.29) is 6.04 Å². The first-order valence-corrected chi connectivity index (χ1v) is 5.22. The predicted octanol–water partition coefficient (Wildman–Crippen LogP) is 0.563. The van der Waals surface area contributed by atoms with E-state index in [1.807, 2.05) is 18.2 Å². The fourth-order valence-corrected chi connectivity index (χ4v) is 2.81. The molecule has 1 aromatic carbocycles. The normalized spacial score (nSPS) is 24.2. The summed E-state index contributed by atoms with van der Waals surface area (Å²) < 4.78 is 0. The van der Waals surface area contributed by atoms with Crippen LogP contribution in [0.2, 0.25) is 0 Å². The largest absolute Gasteiger partial charge is 0.296 e. The van der Waals surface area contributed by atoms with Crippen LogP contribution < -0.4 is 10.6 Å². The second-order valence-corrected chi connectivity index (χ2v) is 4.24. The molecular weight excluding hydrogens is 180 g/mol. The van der Waals surface area contributed by atoms with Crippen molar-refractivity contribution in [2.75, 3.05) is 5.75 Å². The molecule has 3 heteroatoms. The minimum absolute atomic E-state index is 0.0578. The van der Waals surface area contributed by atoms with Gasteiger partial charge in [0.2, 0.25) is 0 Å². The van der Waals surface area contributed by atoms with Gasteiger partial charge in [-0.25, -0.2) is 0 Å². The van der Waals surface area contributed by atoms with Crippen molar-refractivity contribution in [1.82, 2.24) is 0 Å². The zero-order valence-electron chi connectivity index (χ0n) is 6.95. The summed E-state index contributed by atoms with van der Waals surface area (Å²) >= 11 is 1.61. The number of rotatable bonds is 0. The van der Waals surface area contributed by atoms with Crippen LogP contribution in [0.5, 0.6) is 0 Å². The highest BCUT2D eigenvalue weighted by atomic mass is 32.2. The van der Waals surface area contributed by atoms with E-state index >= 15 is 0 Å². The van der Waals surface area contributed by atoms with Crippen molar-refractivity contribution in [3.63, 3.8) is 0 Å². The Balaban J connectivity index is 2.40. The van der Waals surface area contributed by atoms with E-state index in [1.54, 1.807) is 11.8 Å². The molecule has 0 spiro atoms. The van der Waals surface area contributed by atoms with Crippen molar-refractivity contribution in [2.24, 2.45) is 4.99 Å². The average Bonchev–Trinajstić information content (AvgIpc) is 2.67. The number of hydrogen-bond acceptors (Lipinski definition) is 3. The quantitative estimate of drug-likeness (QED) is 0.634. The second-order valence-electron chi connectivity index (χ2n) is 3.23. The molecule has 2 aliphatic rings. The van der Waals surface area contributed by atoms with Gasteiger partial charge in [-0.2, -0.15) is 0 Å². The first-order chi connectivity index (χ1) is 6.36. The molecule has 64 valence electrons. The molecule has 3 rings (SSSR count).